The number of piperazine rings is 1. The Morgan fingerprint density at radius 2 is 1.60 bits per heavy atom. The third-order valence-corrected chi connectivity index (χ3v) is 4.09. The Morgan fingerprint density at radius 1 is 1.00 bits per heavy atom. The van der Waals surface area contributed by atoms with Gasteiger partial charge in [0.05, 0.1) is 6.54 Å². The number of hydrogen-bond donors (Lipinski definition) is 0. The molecule has 0 spiro atoms. The Kier molecular flexibility index (Phi) is 5.74. The van der Waals surface area contributed by atoms with Crippen molar-refractivity contribution in [3.05, 3.63) is 35.4 Å². The van der Waals surface area contributed by atoms with Crippen LogP contribution in [0.15, 0.2) is 24.3 Å². The Hall–Kier alpha value is -1.19. The average Bonchev–Trinajstić information content (AvgIpc) is 2.49. The normalized spacial score (nSPS) is 17.3. The highest BCUT2D eigenvalue weighted by atomic mass is 16.1. The molecule has 20 heavy (non-hydrogen) atoms. The summed E-state index contributed by atoms with van der Waals surface area (Å²) >= 11 is 0. The fourth-order valence-corrected chi connectivity index (χ4v) is 2.70. The number of likely N-dealkylation sites (N-methyl/N-ethyl adjacent to an activating group) is 1. The second-order valence-electron chi connectivity index (χ2n) is 5.58. The van der Waals surface area contributed by atoms with Gasteiger partial charge in [-0.05, 0) is 18.5 Å². The average molecular weight is 274 g/mol. The molecule has 0 aromatic heterocycles. The first-order valence-corrected chi connectivity index (χ1v) is 7.79. The zero-order chi connectivity index (χ0) is 14.4. The topological polar surface area (TPSA) is 23.6 Å². The number of aryl methyl sites for hydroxylation is 1. The summed E-state index contributed by atoms with van der Waals surface area (Å²) in [4.78, 5) is 17.0. The molecule has 0 N–H and O–H groups in total. The molecule has 1 saturated heterocycles. The molecule has 0 radical (unpaired) electrons. The fraction of sp³-hybridized carbons (Fsp3) is 0.588. The number of carbonyl (C=O) groups is 1. The molecule has 0 saturated carbocycles. The molecular formula is C17H26N2O. The number of nitrogens with zero attached hydrogens (tertiary/aromatic N) is 2. The number of benzene rings is 1. The van der Waals surface area contributed by atoms with E-state index in [1.807, 2.05) is 12.1 Å². The maximum Gasteiger partial charge on any atom is 0.176 e. The Morgan fingerprint density at radius 3 is 2.15 bits per heavy atom. The monoisotopic (exact) mass is 274 g/mol. The van der Waals surface area contributed by atoms with Gasteiger partial charge in [-0.1, -0.05) is 44.5 Å². The van der Waals surface area contributed by atoms with Gasteiger partial charge in [-0.3, -0.25) is 9.69 Å². The maximum absolute atomic E-state index is 12.3. The molecule has 1 aromatic rings. The standard InChI is InChI=1S/C17H26N2O/c1-3-5-15-6-8-16(9-7-15)17(20)14-19-12-10-18(4-2)11-13-19/h6-9H,3-5,10-14H2,1-2H3. The SMILES string of the molecule is CCCc1ccc(C(=O)CN2CCN(CC)CC2)cc1. The van der Waals surface area contributed by atoms with Crippen molar-refractivity contribution < 1.29 is 4.79 Å². The third kappa shape index (κ3) is 4.15. The van der Waals surface area contributed by atoms with Gasteiger partial charge in [0, 0.05) is 31.7 Å². The van der Waals surface area contributed by atoms with Gasteiger partial charge in [-0.25, -0.2) is 0 Å². The predicted octanol–water partition coefficient (Wildman–Crippen LogP) is 2.46. The lowest BCUT2D eigenvalue weighted by atomic mass is 10.0. The Labute approximate surface area is 122 Å². The second kappa shape index (κ2) is 7.55. The lowest BCUT2D eigenvalue weighted by Gasteiger charge is -2.33. The summed E-state index contributed by atoms with van der Waals surface area (Å²) in [5, 5.41) is 0. The summed E-state index contributed by atoms with van der Waals surface area (Å²) < 4.78 is 0. The van der Waals surface area contributed by atoms with Crippen LogP contribution in [-0.2, 0) is 6.42 Å². The summed E-state index contributed by atoms with van der Waals surface area (Å²) in [6.07, 6.45) is 2.24. The van der Waals surface area contributed by atoms with Gasteiger partial charge in [-0.15, -0.1) is 0 Å². The number of ketones is 1. The van der Waals surface area contributed by atoms with Crippen LogP contribution in [0.3, 0.4) is 0 Å². The minimum absolute atomic E-state index is 0.248. The van der Waals surface area contributed by atoms with Gasteiger partial charge in [0.2, 0.25) is 0 Å². The molecule has 1 aliphatic heterocycles. The smallest absolute Gasteiger partial charge is 0.176 e. The van der Waals surface area contributed by atoms with Crippen molar-refractivity contribution in [3.8, 4) is 0 Å². The molecule has 3 nitrogen and oxygen atoms in total. The van der Waals surface area contributed by atoms with Crippen molar-refractivity contribution in [2.45, 2.75) is 26.7 Å². The van der Waals surface area contributed by atoms with Crippen molar-refractivity contribution in [3.63, 3.8) is 0 Å². The summed E-state index contributed by atoms with van der Waals surface area (Å²) in [7, 11) is 0. The van der Waals surface area contributed by atoms with E-state index < -0.39 is 0 Å². The van der Waals surface area contributed by atoms with Crippen LogP contribution in [0.4, 0.5) is 0 Å². The van der Waals surface area contributed by atoms with Gasteiger partial charge in [0.25, 0.3) is 0 Å². The predicted molar refractivity (Wildman–Crippen MR) is 83.3 cm³/mol. The molecule has 1 heterocycles. The molecule has 3 heteroatoms. The number of rotatable bonds is 6. The van der Waals surface area contributed by atoms with Crippen LogP contribution < -0.4 is 0 Å². The van der Waals surface area contributed by atoms with Crippen LogP contribution in [0.2, 0.25) is 0 Å². The second-order valence-corrected chi connectivity index (χ2v) is 5.58. The number of carbonyl (C=O) groups excluding carboxylic acids is 1. The summed E-state index contributed by atoms with van der Waals surface area (Å²) in [5.74, 6) is 0.248. The van der Waals surface area contributed by atoms with E-state index in [1.54, 1.807) is 0 Å². The van der Waals surface area contributed by atoms with E-state index in [0.29, 0.717) is 6.54 Å². The van der Waals surface area contributed by atoms with E-state index in [4.69, 9.17) is 0 Å². The van der Waals surface area contributed by atoms with Gasteiger partial charge in [0.15, 0.2) is 5.78 Å². The van der Waals surface area contributed by atoms with Crippen LogP contribution in [-0.4, -0.2) is 54.9 Å². The summed E-state index contributed by atoms with van der Waals surface area (Å²) in [6, 6.07) is 8.14. The zero-order valence-corrected chi connectivity index (χ0v) is 12.8. The van der Waals surface area contributed by atoms with Crippen molar-refractivity contribution in [2.24, 2.45) is 0 Å². The Bertz CT molecular complexity index is 419. The molecular weight excluding hydrogens is 248 g/mol. The molecule has 2 rings (SSSR count). The van der Waals surface area contributed by atoms with Gasteiger partial charge < -0.3 is 4.90 Å². The van der Waals surface area contributed by atoms with Crippen LogP contribution >= 0.6 is 0 Å². The van der Waals surface area contributed by atoms with Crippen LogP contribution in [0.1, 0.15) is 36.2 Å². The third-order valence-electron chi connectivity index (χ3n) is 4.09. The van der Waals surface area contributed by atoms with Crippen molar-refractivity contribution in [1.82, 2.24) is 9.80 Å². The first-order chi connectivity index (χ1) is 9.72. The highest BCUT2D eigenvalue weighted by Gasteiger charge is 2.18. The lowest BCUT2D eigenvalue weighted by molar-refractivity contribution is 0.0859. The highest BCUT2D eigenvalue weighted by molar-refractivity contribution is 5.97. The summed E-state index contributed by atoms with van der Waals surface area (Å²) in [6.45, 7) is 10.2. The molecule has 1 aliphatic rings. The van der Waals surface area contributed by atoms with Crippen LogP contribution in [0.25, 0.3) is 0 Å². The molecule has 1 aromatic carbocycles. The van der Waals surface area contributed by atoms with E-state index >= 15 is 0 Å². The first-order valence-electron chi connectivity index (χ1n) is 7.79. The Balaban J connectivity index is 1.85. The molecule has 1 fully saturated rings. The van der Waals surface area contributed by atoms with Gasteiger partial charge in [-0.2, -0.15) is 0 Å². The quantitative estimate of drug-likeness (QED) is 0.745. The fourth-order valence-electron chi connectivity index (χ4n) is 2.70. The lowest BCUT2D eigenvalue weighted by Crippen LogP contribution is -2.47. The van der Waals surface area contributed by atoms with E-state index in [0.717, 1.165) is 51.1 Å². The molecule has 0 unspecified atom stereocenters. The van der Waals surface area contributed by atoms with Crippen molar-refractivity contribution in [2.75, 3.05) is 39.3 Å². The first kappa shape index (κ1) is 15.2. The largest absolute Gasteiger partial charge is 0.301 e. The minimum Gasteiger partial charge on any atom is -0.301 e. The van der Waals surface area contributed by atoms with Crippen molar-refractivity contribution >= 4 is 5.78 Å². The van der Waals surface area contributed by atoms with Crippen molar-refractivity contribution in [1.29, 1.82) is 0 Å². The minimum atomic E-state index is 0.248. The van der Waals surface area contributed by atoms with E-state index in [9.17, 15) is 4.79 Å². The van der Waals surface area contributed by atoms with E-state index in [2.05, 4.69) is 35.8 Å². The zero-order valence-electron chi connectivity index (χ0n) is 12.8. The number of hydrogen-bond acceptors (Lipinski definition) is 3. The molecule has 0 bridgehead atoms. The van der Waals surface area contributed by atoms with E-state index in [1.165, 1.54) is 5.56 Å². The van der Waals surface area contributed by atoms with Gasteiger partial charge >= 0.3 is 0 Å². The van der Waals surface area contributed by atoms with Crippen LogP contribution in [0.5, 0.6) is 0 Å². The summed E-state index contributed by atoms with van der Waals surface area (Å²) in [5.41, 5.74) is 2.17. The molecule has 0 atom stereocenters. The maximum atomic E-state index is 12.3. The van der Waals surface area contributed by atoms with Crippen LogP contribution in [0, 0.1) is 0 Å². The van der Waals surface area contributed by atoms with E-state index in [-0.39, 0.29) is 5.78 Å². The molecule has 110 valence electrons. The molecule has 0 amide bonds. The highest BCUT2D eigenvalue weighted by Crippen LogP contribution is 2.09. The van der Waals surface area contributed by atoms with Gasteiger partial charge in [0.1, 0.15) is 0 Å². The molecule has 0 aliphatic carbocycles. The number of Topliss-reactive ketones (excluding diaryl/α,β-unsaturated/α-hetero) is 1.